The van der Waals surface area contributed by atoms with E-state index >= 15 is 0 Å². The van der Waals surface area contributed by atoms with Crippen molar-refractivity contribution in [2.45, 2.75) is 6.54 Å². The second-order valence-electron chi connectivity index (χ2n) is 7.97. The van der Waals surface area contributed by atoms with E-state index in [9.17, 15) is 18.0 Å². The number of hydrogen-bond acceptors (Lipinski definition) is 4. The number of imidazole rings is 1. The lowest BCUT2D eigenvalue weighted by Crippen LogP contribution is -2.29. The zero-order chi connectivity index (χ0) is 24.6. The van der Waals surface area contributed by atoms with Crippen LogP contribution >= 0.6 is 11.6 Å². The molecule has 0 aliphatic rings. The number of carbonyl (C=O) groups is 1. The van der Waals surface area contributed by atoms with Crippen LogP contribution in [0.4, 0.5) is 11.4 Å². The lowest BCUT2D eigenvalue weighted by molar-refractivity contribution is 0.102. The first-order chi connectivity index (χ1) is 16.1. The van der Waals surface area contributed by atoms with Crippen LogP contribution in [0.1, 0.15) is 15.9 Å². The van der Waals surface area contributed by atoms with E-state index in [1.54, 1.807) is 80.8 Å². The van der Waals surface area contributed by atoms with Gasteiger partial charge in [-0.25, -0.2) is 13.2 Å². The summed E-state index contributed by atoms with van der Waals surface area (Å²) in [4.78, 5) is 24.9. The summed E-state index contributed by atoms with van der Waals surface area (Å²) >= 11 is 6.21. The molecule has 0 saturated heterocycles. The first-order valence-corrected chi connectivity index (χ1v) is 12.6. The van der Waals surface area contributed by atoms with Gasteiger partial charge in [-0.15, -0.1) is 0 Å². The number of carbonyl (C=O) groups excluding carboxylic acids is 1. The first-order valence-electron chi connectivity index (χ1n) is 10.3. The highest BCUT2D eigenvalue weighted by molar-refractivity contribution is 7.92. The van der Waals surface area contributed by atoms with Crippen LogP contribution < -0.4 is 15.3 Å². The van der Waals surface area contributed by atoms with Crippen molar-refractivity contribution in [3.05, 3.63) is 93.4 Å². The highest BCUT2D eigenvalue weighted by Crippen LogP contribution is 2.25. The molecule has 4 aromatic rings. The number of nitrogens with one attached hydrogen (secondary N) is 1. The summed E-state index contributed by atoms with van der Waals surface area (Å²) in [5.74, 6) is -0.358. The Balaban J connectivity index is 1.57. The van der Waals surface area contributed by atoms with E-state index in [0.29, 0.717) is 33.0 Å². The number of sulfonamides is 1. The molecular formula is C24H23ClN4O4S. The van der Waals surface area contributed by atoms with Crippen LogP contribution in [0.25, 0.3) is 11.0 Å². The molecule has 1 heterocycles. The van der Waals surface area contributed by atoms with Crippen LogP contribution in [0.3, 0.4) is 0 Å². The van der Waals surface area contributed by atoms with Gasteiger partial charge < -0.3 is 5.32 Å². The SMILES string of the molecule is Cn1c(=O)n(C)c2cc(NC(=O)c3ccc(N(Cc4ccccc4Cl)S(C)(=O)=O)cc3)ccc21. The van der Waals surface area contributed by atoms with Gasteiger partial charge in [0.15, 0.2) is 0 Å². The van der Waals surface area contributed by atoms with Gasteiger partial charge in [0.2, 0.25) is 10.0 Å². The van der Waals surface area contributed by atoms with Gasteiger partial charge in [-0.3, -0.25) is 18.2 Å². The molecule has 0 aliphatic carbocycles. The highest BCUT2D eigenvalue weighted by Gasteiger charge is 2.20. The molecule has 0 radical (unpaired) electrons. The topological polar surface area (TPSA) is 93.4 Å². The Hall–Kier alpha value is -3.56. The van der Waals surface area contributed by atoms with E-state index < -0.39 is 10.0 Å². The number of aromatic nitrogens is 2. The maximum absolute atomic E-state index is 12.8. The summed E-state index contributed by atoms with van der Waals surface area (Å²) in [5, 5.41) is 3.29. The Kier molecular flexibility index (Phi) is 6.24. The smallest absolute Gasteiger partial charge is 0.322 e. The van der Waals surface area contributed by atoms with E-state index in [0.717, 1.165) is 11.8 Å². The second-order valence-corrected chi connectivity index (χ2v) is 10.3. The maximum atomic E-state index is 12.8. The number of nitrogens with zero attached hydrogens (tertiary/aromatic N) is 3. The summed E-state index contributed by atoms with van der Waals surface area (Å²) in [6.45, 7) is 0.0693. The number of anilines is 2. The van der Waals surface area contributed by atoms with Crippen molar-refractivity contribution < 1.29 is 13.2 Å². The molecule has 0 fully saturated rings. The minimum Gasteiger partial charge on any atom is -0.322 e. The number of hydrogen-bond donors (Lipinski definition) is 1. The normalized spacial score (nSPS) is 11.5. The van der Waals surface area contributed by atoms with Crippen molar-refractivity contribution in [2.24, 2.45) is 14.1 Å². The second kappa shape index (κ2) is 9.00. The largest absolute Gasteiger partial charge is 0.328 e. The third-order valence-electron chi connectivity index (χ3n) is 5.62. The molecule has 0 saturated carbocycles. The van der Waals surface area contributed by atoms with E-state index in [4.69, 9.17) is 11.6 Å². The summed E-state index contributed by atoms with van der Waals surface area (Å²) in [7, 11) is -0.234. The fourth-order valence-corrected chi connectivity index (χ4v) is 4.82. The summed E-state index contributed by atoms with van der Waals surface area (Å²) in [5.41, 5.74) is 3.29. The van der Waals surface area contributed by atoms with Gasteiger partial charge in [-0.1, -0.05) is 29.8 Å². The summed E-state index contributed by atoms with van der Waals surface area (Å²) in [6, 6.07) is 18.6. The monoisotopic (exact) mass is 498 g/mol. The molecule has 4 rings (SSSR count). The van der Waals surface area contributed by atoms with Crippen LogP contribution in [0.2, 0.25) is 5.02 Å². The predicted octanol–water partition coefficient (Wildman–Crippen LogP) is 3.75. The van der Waals surface area contributed by atoms with Crippen molar-refractivity contribution in [3.63, 3.8) is 0 Å². The summed E-state index contributed by atoms with van der Waals surface area (Å²) < 4.78 is 29.2. The lowest BCUT2D eigenvalue weighted by atomic mass is 10.1. The van der Waals surface area contributed by atoms with Gasteiger partial charge in [0.05, 0.1) is 29.5 Å². The molecule has 1 amide bonds. The minimum absolute atomic E-state index is 0.0693. The standard InChI is InChI=1S/C24H23ClN4O4S/c1-27-21-13-10-18(14-22(21)28(2)24(27)31)26-23(30)16-8-11-19(12-9-16)29(34(3,32)33)15-17-6-4-5-7-20(17)25/h4-14H,15H2,1-3H3,(H,26,30). The molecule has 0 spiro atoms. The van der Waals surface area contributed by atoms with Gasteiger partial charge in [0, 0.05) is 30.4 Å². The minimum atomic E-state index is -3.60. The fraction of sp³-hybridized carbons (Fsp3) is 0.167. The van der Waals surface area contributed by atoms with Crippen molar-refractivity contribution in [2.75, 3.05) is 15.9 Å². The number of fused-ring (bicyclic) bond motifs is 1. The predicted molar refractivity (Wildman–Crippen MR) is 135 cm³/mol. The molecule has 0 unspecified atom stereocenters. The maximum Gasteiger partial charge on any atom is 0.328 e. The van der Waals surface area contributed by atoms with Gasteiger partial charge in [-0.2, -0.15) is 0 Å². The van der Waals surface area contributed by atoms with Gasteiger partial charge >= 0.3 is 5.69 Å². The number of aryl methyl sites for hydroxylation is 2. The molecule has 1 aromatic heterocycles. The quantitative estimate of drug-likeness (QED) is 0.438. The van der Waals surface area contributed by atoms with Gasteiger partial charge in [0.1, 0.15) is 0 Å². The molecule has 8 nitrogen and oxygen atoms in total. The molecule has 10 heteroatoms. The molecule has 34 heavy (non-hydrogen) atoms. The Morgan fingerprint density at radius 1 is 0.971 bits per heavy atom. The summed E-state index contributed by atoms with van der Waals surface area (Å²) in [6.07, 6.45) is 1.12. The molecule has 0 bridgehead atoms. The van der Waals surface area contributed by atoms with Crippen molar-refractivity contribution in [1.82, 2.24) is 9.13 Å². The van der Waals surface area contributed by atoms with E-state index in [2.05, 4.69) is 5.32 Å². The van der Waals surface area contributed by atoms with E-state index in [1.807, 2.05) is 0 Å². The third-order valence-corrected chi connectivity index (χ3v) is 7.13. The van der Waals surface area contributed by atoms with Crippen LogP contribution in [0.15, 0.2) is 71.5 Å². The average Bonchev–Trinajstić information content (AvgIpc) is 3.01. The van der Waals surface area contributed by atoms with E-state index in [-0.39, 0.29) is 18.1 Å². The van der Waals surface area contributed by atoms with Gasteiger partial charge in [-0.05, 0) is 54.1 Å². The highest BCUT2D eigenvalue weighted by atomic mass is 35.5. The molecule has 1 N–H and O–H groups in total. The van der Waals surface area contributed by atoms with Crippen molar-refractivity contribution in [3.8, 4) is 0 Å². The molecular weight excluding hydrogens is 476 g/mol. The zero-order valence-electron chi connectivity index (χ0n) is 18.8. The molecule has 0 aliphatic heterocycles. The Bertz CT molecular complexity index is 1560. The zero-order valence-corrected chi connectivity index (χ0v) is 20.4. The first kappa shape index (κ1) is 23.6. The number of benzene rings is 3. The Morgan fingerprint density at radius 2 is 1.62 bits per heavy atom. The number of amides is 1. The van der Waals surface area contributed by atoms with Crippen LogP contribution in [-0.4, -0.2) is 29.7 Å². The Labute approximate surface area is 202 Å². The van der Waals surface area contributed by atoms with Crippen LogP contribution in [0.5, 0.6) is 0 Å². The van der Waals surface area contributed by atoms with Gasteiger partial charge in [0.25, 0.3) is 5.91 Å². The molecule has 176 valence electrons. The number of halogens is 1. The fourth-order valence-electron chi connectivity index (χ4n) is 3.75. The van der Waals surface area contributed by atoms with E-state index in [1.165, 1.54) is 13.4 Å². The Morgan fingerprint density at radius 3 is 2.26 bits per heavy atom. The lowest BCUT2D eigenvalue weighted by Gasteiger charge is -2.23. The molecule has 3 aromatic carbocycles. The van der Waals surface area contributed by atoms with Crippen molar-refractivity contribution >= 4 is 49.9 Å². The molecule has 0 atom stereocenters. The van der Waals surface area contributed by atoms with Crippen LogP contribution in [0, 0.1) is 0 Å². The van der Waals surface area contributed by atoms with Crippen LogP contribution in [-0.2, 0) is 30.7 Å². The van der Waals surface area contributed by atoms with Crippen molar-refractivity contribution in [1.29, 1.82) is 0 Å². The number of rotatable bonds is 6. The average molecular weight is 499 g/mol. The third kappa shape index (κ3) is 4.57.